The van der Waals surface area contributed by atoms with E-state index in [-0.39, 0.29) is 41.4 Å². The van der Waals surface area contributed by atoms with Gasteiger partial charge in [0.1, 0.15) is 30.3 Å². The highest BCUT2D eigenvalue weighted by Gasteiger charge is 2.36. The number of nitrogens with zero attached hydrogens (tertiary/aromatic N) is 2. The van der Waals surface area contributed by atoms with Gasteiger partial charge in [-0.15, -0.1) is 0 Å². The number of hydrogen-bond acceptors (Lipinski definition) is 7. The number of carbonyl (C=O) groups is 6. The predicted molar refractivity (Wildman–Crippen MR) is 134 cm³/mol. The summed E-state index contributed by atoms with van der Waals surface area (Å²) in [5.74, 6) is -2.68. The summed E-state index contributed by atoms with van der Waals surface area (Å²) in [6.45, 7) is 0.769. The maximum absolute atomic E-state index is 13.6. The van der Waals surface area contributed by atoms with Crippen LogP contribution in [0.1, 0.15) is 40.6 Å². The van der Waals surface area contributed by atoms with Crippen LogP contribution in [-0.2, 0) is 19.2 Å². The minimum Gasteiger partial charge on any atom is -0.345 e. The third-order valence-electron chi connectivity index (χ3n) is 5.96. The molecule has 188 valence electrons. The van der Waals surface area contributed by atoms with Gasteiger partial charge in [0, 0.05) is 30.0 Å². The van der Waals surface area contributed by atoms with Crippen molar-refractivity contribution in [3.05, 3.63) is 72.1 Å². The third kappa shape index (κ3) is 5.58. The molecule has 0 saturated carbocycles. The van der Waals surface area contributed by atoms with E-state index in [9.17, 15) is 28.8 Å². The van der Waals surface area contributed by atoms with Crippen LogP contribution >= 0.6 is 0 Å². The second-order valence-corrected chi connectivity index (χ2v) is 8.69. The maximum atomic E-state index is 13.6. The number of aldehydes is 1. The van der Waals surface area contributed by atoms with Gasteiger partial charge in [-0.3, -0.25) is 29.0 Å². The Balaban J connectivity index is 1.62. The summed E-state index contributed by atoms with van der Waals surface area (Å²) in [7, 11) is 0. The molecule has 2 atom stereocenters. The zero-order chi connectivity index (χ0) is 26.5. The molecule has 0 bridgehead atoms. The molecule has 10 heteroatoms. The van der Waals surface area contributed by atoms with Gasteiger partial charge in [0.05, 0.1) is 11.7 Å². The zero-order valence-electron chi connectivity index (χ0n) is 20.0. The Labute approximate surface area is 212 Å². The largest absolute Gasteiger partial charge is 0.345 e. The highest BCUT2D eigenvalue weighted by molar-refractivity contribution is 6.15. The van der Waals surface area contributed by atoms with Crippen LogP contribution in [0.2, 0.25) is 0 Å². The van der Waals surface area contributed by atoms with E-state index in [4.69, 9.17) is 0 Å². The Morgan fingerprint density at radius 2 is 1.81 bits per heavy atom. The topological polar surface area (TPSA) is 143 Å². The Morgan fingerprint density at radius 3 is 2.57 bits per heavy atom. The van der Waals surface area contributed by atoms with Gasteiger partial charge >= 0.3 is 0 Å². The number of nitrogens with one attached hydrogen (secondary N) is 2. The van der Waals surface area contributed by atoms with E-state index >= 15 is 0 Å². The number of carbonyl (C=O) groups excluding carboxylic acids is 6. The van der Waals surface area contributed by atoms with Crippen LogP contribution in [0.25, 0.3) is 10.8 Å². The number of benzene rings is 2. The van der Waals surface area contributed by atoms with E-state index in [2.05, 4.69) is 15.6 Å². The Bertz CT molecular complexity index is 1410. The molecule has 2 aromatic carbocycles. The van der Waals surface area contributed by atoms with E-state index < -0.39 is 36.3 Å². The molecule has 0 unspecified atom stereocenters. The highest BCUT2D eigenvalue weighted by atomic mass is 16.2. The number of ketones is 2. The number of anilines is 1. The lowest BCUT2D eigenvalue weighted by atomic mass is 10.0. The van der Waals surface area contributed by atoms with Gasteiger partial charge < -0.3 is 20.3 Å². The minimum atomic E-state index is -1.26. The van der Waals surface area contributed by atoms with Crippen molar-refractivity contribution >= 4 is 52.0 Å². The van der Waals surface area contributed by atoms with Crippen LogP contribution in [0.3, 0.4) is 0 Å². The van der Waals surface area contributed by atoms with Crippen molar-refractivity contribution in [2.24, 2.45) is 0 Å². The quantitative estimate of drug-likeness (QED) is 0.448. The summed E-state index contributed by atoms with van der Waals surface area (Å²) >= 11 is 0. The van der Waals surface area contributed by atoms with Crippen LogP contribution in [0, 0.1) is 0 Å². The molecule has 0 saturated heterocycles. The summed E-state index contributed by atoms with van der Waals surface area (Å²) in [5, 5.41) is 6.41. The van der Waals surface area contributed by atoms with Gasteiger partial charge in [0.15, 0.2) is 5.78 Å². The molecule has 1 aromatic heterocycles. The van der Waals surface area contributed by atoms with Crippen LogP contribution in [0.15, 0.2) is 60.8 Å². The molecule has 4 rings (SSSR count). The van der Waals surface area contributed by atoms with Crippen LogP contribution in [0.5, 0.6) is 0 Å². The number of fused-ring (bicyclic) bond motifs is 2. The van der Waals surface area contributed by atoms with Crippen molar-refractivity contribution in [2.45, 2.75) is 31.8 Å². The molecule has 3 aromatic rings. The van der Waals surface area contributed by atoms with Gasteiger partial charge in [-0.25, -0.2) is 0 Å². The third-order valence-corrected chi connectivity index (χ3v) is 5.96. The average molecular weight is 501 g/mol. The molecule has 37 heavy (non-hydrogen) atoms. The first kappa shape index (κ1) is 25.4. The summed E-state index contributed by atoms with van der Waals surface area (Å²) < 4.78 is 0. The van der Waals surface area contributed by atoms with Crippen molar-refractivity contribution in [1.29, 1.82) is 0 Å². The lowest BCUT2D eigenvalue weighted by Crippen LogP contribution is -2.52. The fourth-order valence-corrected chi connectivity index (χ4v) is 4.28. The van der Waals surface area contributed by atoms with Crippen LogP contribution < -0.4 is 15.5 Å². The number of hydrogen-bond donors (Lipinski definition) is 2. The van der Waals surface area contributed by atoms with Crippen LogP contribution in [0.4, 0.5) is 5.69 Å². The molecular formula is C27H24N4O6. The summed E-state index contributed by atoms with van der Waals surface area (Å²) in [5.41, 5.74) is 0.531. The Morgan fingerprint density at radius 1 is 1.08 bits per heavy atom. The Kier molecular flexibility index (Phi) is 7.47. The molecule has 2 N–H and O–H groups in total. The maximum Gasteiger partial charge on any atom is 0.271 e. The lowest BCUT2D eigenvalue weighted by molar-refractivity contribution is -0.126. The number of pyridine rings is 1. The Hall–Kier alpha value is -4.73. The summed E-state index contributed by atoms with van der Waals surface area (Å²) in [6, 6.07) is 12.9. The molecular weight excluding hydrogens is 476 g/mol. The van der Waals surface area contributed by atoms with E-state index in [0.717, 1.165) is 10.3 Å². The van der Waals surface area contributed by atoms with E-state index in [0.29, 0.717) is 11.7 Å². The molecule has 2 heterocycles. The first-order chi connectivity index (χ1) is 17.8. The number of aromatic nitrogens is 1. The minimum absolute atomic E-state index is 0.0995. The summed E-state index contributed by atoms with van der Waals surface area (Å²) in [4.78, 5) is 80.5. The van der Waals surface area contributed by atoms with Crippen molar-refractivity contribution in [3.8, 4) is 0 Å². The molecule has 0 radical (unpaired) electrons. The smallest absolute Gasteiger partial charge is 0.271 e. The molecule has 1 aliphatic rings. The molecule has 0 fully saturated rings. The number of Topliss-reactive ketones (excluding diaryl/α,β-unsaturated/α-hetero) is 2. The lowest BCUT2D eigenvalue weighted by Gasteiger charge is -2.26. The number of amides is 3. The predicted octanol–water partition coefficient (Wildman–Crippen LogP) is 1.62. The molecule has 0 spiro atoms. The summed E-state index contributed by atoms with van der Waals surface area (Å²) in [6.07, 6.45) is 1.43. The van der Waals surface area contributed by atoms with E-state index in [1.54, 1.807) is 30.3 Å². The van der Waals surface area contributed by atoms with Gasteiger partial charge in [-0.1, -0.05) is 36.4 Å². The molecule has 0 aliphatic carbocycles. The van der Waals surface area contributed by atoms with E-state index in [1.165, 1.54) is 25.3 Å². The van der Waals surface area contributed by atoms with Crippen molar-refractivity contribution in [2.75, 3.05) is 11.4 Å². The van der Waals surface area contributed by atoms with Crippen molar-refractivity contribution in [1.82, 2.24) is 15.6 Å². The molecule has 10 nitrogen and oxygen atoms in total. The van der Waals surface area contributed by atoms with Crippen molar-refractivity contribution in [3.63, 3.8) is 0 Å². The number of para-hydroxylation sites is 1. The molecule has 3 amide bonds. The fraction of sp³-hybridized carbons (Fsp3) is 0.222. The monoisotopic (exact) mass is 500 g/mol. The average Bonchev–Trinajstić information content (AvgIpc) is 2.98. The SMILES string of the molecule is CC(=O)C[C@@H](C=O)NC(=O)CN1C(=O)[C@@H](NC(=O)c2nccc3ccccc23)CC(=O)c2ccccc21. The van der Waals surface area contributed by atoms with Gasteiger partial charge in [0.25, 0.3) is 11.8 Å². The second-order valence-electron chi connectivity index (χ2n) is 8.69. The van der Waals surface area contributed by atoms with Gasteiger partial charge in [-0.2, -0.15) is 0 Å². The number of rotatable bonds is 8. The zero-order valence-corrected chi connectivity index (χ0v) is 20.0. The van der Waals surface area contributed by atoms with Crippen LogP contribution in [-0.4, -0.2) is 59.2 Å². The fourth-order valence-electron chi connectivity index (χ4n) is 4.28. The van der Waals surface area contributed by atoms with Crippen molar-refractivity contribution < 1.29 is 28.8 Å². The van der Waals surface area contributed by atoms with Gasteiger partial charge in [0.2, 0.25) is 5.91 Å². The standard InChI is InChI=1S/C27H24N4O6/c1-16(33)12-18(15-32)29-24(35)14-31-22-9-5-4-8-20(22)23(34)13-21(27(31)37)30-26(36)25-19-7-3-2-6-17(19)10-11-28-25/h2-11,15,18,21H,12-14H2,1H3,(H,29,35)(H,30,36)/t18-,21-/m0/s1. The first-order valence-corrected chi connectivity index (χ1v) is 11.6. The highest BCUT2D eigenvalue weighted by Crippen LogP contribution is 2.27. The first-order valence-electron chi connectivity index (χ1n) is 11.6. The normalized spacial score (nSPS) is 15.9. The van der Waals surface area contributed by atoms with E-state index in [1.807, 2.05) is 12.1 Å². The second kappa shape index (κ2) is 10.9. The van der Waals surface area contributed by atoms with Gasteiger partial charge in [-0.05, 0) is 30.5 Å². The molecule has 1 aliphatic heterocycles.